The van der Waals surface area contributed by atoms with Gasteiger partial charge >= 0.3 is 0 Å². The first kappa shape index (κ1) is 16.3. The first-order valence-electron chi connectivity index (χ1n) is 7.40. The second-order valence-corrected chi connectivity index (χ2v) is 6.58. The third kappa shape index (κ3) is 3.48. The van der Waals surface area contributed by atoms with Crippen molar-refractivity contribution in [3.63, 3.8) is 0 Å². The summed E-state index contributed by atoms with van der Waals surface area (Å²) >= 11 is 1.42. The van der Waals surface area contributed by atoms with E-state index in [4.69, 9.17) is 10.2 Å². The molecular weight excluding hydrogens is 326 g/mol. The van der Waals surface area contributed by atoms with E-state index in [-0.39, 0.29) is 11.8 Å². The number of benzene rings is 1. The van der Waals surface area contributed by atoms with Crippen LogP contribution in [0.2, 0.25) is 0 Å². The van der Waals surface area contributed by atoms with Crippen LogP contribution in [0.3, 0.4) is 0 Å². The Balaban J connectivity index is 1.78. The second kappa shape index (κ2) is 6.88. The molecule has 0 saturated heterocycles. The van der Waals surface area contributed by atoms with Crippen LogP contribution in [-0.2, 0) is 11.3 Å². The molecule has 2 N–H and O–H groups in total. The Morgan fingerprint density at radius 2 is 2.08 bits per heavy atom. The van der Waals surface area contributed by atoms with Gasteiger partial charge in [0.15, 0.2) is 10.9 Å². The van der Waals surface area contributed by atoms with Gasteiger partial charge in [-0.3, -0.25) is 9.36 Å². The van der Waals surface area contributed by atoms with Crippen molar-refractivity contribution in [2.75, 3.05) is 0 Å². The average molecular weight is 343 g/mol. The van der Waals surface area contributed by atoms with Gasteiger partial charge in [-0.15, -0.1) is 10.2 Å². The minimum atomic E-state index is -0.435. The highest BCUT2D eigenvalue weighted by Crippen LogP contribution is 2.35. The maximum absolute atomic E-state index is 11.2. The predicted octanol–water partition coefficient (Wildman–Crippen LogP) is 2.58. The molecule has 1 aromatic carbocycles. The van der Waals surface area contributed by atoms with Gasteiger partial charge in [0.05, 0.1) is 11.4 Å². The van der Waals surface area contributed by atoms with Gasteiger partial charge in [0.1, 0.15) is 12.4 Å². The number of carbonyl (C=O) groups is 1. The van der Waals surface area contributed by atoms with Crippen molar-refractivity contribution in [3.05, 3.63) is 48.2 Å². The van der Waals surface area contributed by atoms with Crippen LogP contribution < -0.4 is 5.73 Å². The summed E-state index contributed by atoms with van der Waals surface area (Å²) in [6.07, 6.45) is 1.71. The normalized spacial score (nSPS) is 12.2. The van der Waals surface area contributed by atoms with E-state index in [1.165, 1.54) is 11.8 Å². The number of hydrogen-bond acceptors (Lipinski definition) is 6. The van der Waals surface area contributed by atoms with Gasteiger partial charge < -0.3 is 10.2 Å². The van der Waals surface area contributed by atoms with Crippen molar-refractivity contribution in [2.45, 2.75) is 30.8 Å². The summed E-state index contributed by atoms with van der Waals surface area (Å²) in [5.41, 5.74) is 6.25. The first-order chi connectivity index (χ1) is 11.5. The van der Waals surface area contributed by atoms with Crippen LogP contribution in [0.1, 0.15) is 23.9 Å². The molecule has 0 aliphatic rings. The maximum Gasteiger partial charge on any atom is 0.237 e. The number of nitrogens with two attached hydrogens (primary N) is 1. The van der Waals surface area contributed by atoms with Crippen molar-refractivity contribution in [3.8, 4) is 11.3 Å². The molecule has 1 atom stereocenters. The second-order valence-electron chi connectivity index (χ2n) is 5.27. The fraction of sp³-hybridized carbons (Fsp3) is 0.250. The third-order valence-corrected chi connectivity index (χ3v) is 4.50. The molecule has 124 valence electrons. The van der Waals surface area contributed by atoms with E-state index in [2.05, 4.69) is 15.2 Å². The first-order valence-corrected chi connectivity index (χ1v) is 8.28. The summed E-state index contributed by atoms with van der Waals surface area (Å²) in [4.78, 5) is 15.5. The van der Waals surface area contributed by atoms with E-state index >= 15 is 0 Å². The van der Waals surface area contributed by atoms with Crippen LogP contribution in [0.15, 0.2) is 46.1 Å². The van der Waals surface area contributed by atoms with Crippen LogP contribution in [-0.4, -0.2) is 25.7 Å². The fourth-order valence-electron chi connectivity index (χ4n) is 2.21. The molecule has 0 aliphatic heterocycles. The van der Waals surface area contributed by atoms with Gasteiger partial charge in [-0.25, -0.2) is 4.98 Å². The van der Waals surface area contributed by atoms with Crippen LogP contribution in [0.5, 0.6) is 0 Å². The van der Waals surface area contributed by atoms with Gasteiger partial charge in [-0.2, -0.15) is 0 Å². The Labute approximate surface area is 143 Å². The van der Waals surface area contributed by atoms with Crippen LogP contribution in [0, 0.1) is 6.92 Å². The van der Waals surface area contributed by atoms with Gasteiger partial charge in [0.2, 0.25) is 11.8 Å². The predicted molar refractivity (Wildman–Crippen MR) is 90.2 cm³/mol. The van der Waals surface area contributed by atoms with Crippen LogP contribution >= 0.6 is 11.8 Å². The summed E-state index contributed by atoms with van der Waals surface area (Å²) < 4.78 is 7.54. The highest BCUT2D eigenvalue weighted by atomic mass is 32.2. The van der Waals surface area contributed by atoms with E-state index in [9.17, 15) is 4.79 Å². The lowest BCUT2D eigenvalue weighted by molar-refractivity contribution is -0.118. The zero-order valence-corrected chi connectivity index (χ0v) is 14.2. The average Bonchev–Trinajstić information content (AvgIpc) is 3.18. The number of carbonyl (C=O) groups excluding carboxylic acids is 1. The lowest BCUT2D eigenvalue weighted by Crippen LogP contribution is -2.20. The van der Waals surface area contributed by atoms with E-state index in [0.29, 0.717) is 22.6 Å². The summed E-state index contributed by atoms with van der Waals surface area (Å²) in [6.45, 7) is 3.79. The van der Waals surface area contributed by atoms with Gasteiger partial charge in [0, 0.05) is 5.56 Å². The minimum absolute atomic E-state index is 0.0503. The number of primary amides is 1. The number of thioether (sulfide) groups is 1. The van der Waals surface area contributed by atoms with Crippen molar-refractivity contribution >= 4 is 17.7 Å². The van der Waals surface area contributed by atoms with Gasteiger partial charge in [0.25, 0.3) is 0 Å². The van der Waals surface area contributed by atoms with E-state index in [1.807, 2.05) is 37.3 Å². The topological polar surface area (TPSA) is 99.8 Å². The number of oxazole rings is 1. The van der Waals surface area contributed by atoms with Crippen molar-refractivity contribution in [2.24, 2.45) is 5.73 Å². The number of amides is 1. The summed E-state index contributed by atoms with van der Waals surface area (Å²) in [6, 6.07) is 9.78. The Morgan fingerprint density at radius 3 is 2.79 bits per heavy atom. The number of aromatic nitrogens is 4. The lowest BCUT2D eigenvalue weighted by Gasteiger charge is -2.09. The molecule has 0 radical (unpaired) electrons. The molecule has 1 amide bonds. The van der Waals surface area contributed by atoms with Gasteiger partial charge in [-0.1, -0.05) is 42.1 Å². The SMILES string of the molecule is Cc1nnc(S[C@@H](C)c2ncc(-c3ccccc3)o2)n1CC(N)=O. The summed E-state index contributed by atoms with van der Waals surface area (Å²) in [5, 5.41) is 8.62. The zero-order valence-electron chi connectivity index (χ0n) is 13.3. The zero-order chi connectivity index (χ0) is 17.1. The molecule has 2 heterocycles. The van der Waals surface area contributed by atoms with E-state index < -0.39 is 5.91 Å². The highest BCUT2D eigenvalue weighted by Gasteiger charge is 2.19. The molecule has 0 saturated carbocycles. The summed E-state index contributed by atoms with van der Waals surface area (Å²) in [7, 11) is 0. The maximum atomic E-state index is 11.2. The van der Waals surface area contributed by atoms with E-state index in [1.54, 1.807) is 17.7 Å². The standard InChI is InChI=1S/C16H17N5O2S/c1-10(24-16-20-19-11(2)21(16)9-14(17)22)15-18-8-13(23-15)12-6-4-3-5-7-12/h3-8,10H,9H2,1-2H3,(H2,17,22)/t10-/m0/s1. The molecule has 3 aromatic rings. The Kier molecular flexibility index (Phi) is 4.66. The van der Waals surface area contributed by atoms with Crippen molar-refractivity contribution in [1.82, 2.24) is 19.7 Å². The molecule has 0 fully saturated rings. The number of nitrogens with zero attached hydrogens (tertiary/aromatic N) is 4. The number of rotatable bonds is 6. The molecule has 24 heavy (non-hydrogen) atoms. The molecule has 0 bridgehead atoms. The third-order valence-electron chi connectivity index (χ3n) is 3.43. The molecule has 8 heteroatoms. The Hall–Kier alpha value is -2.61. The van der Waals surface area contributed by atoms with E-state index in [0.717, 1.165) is 5.56 Å². The quantitative estimate of drug-likeness (QED) is 0.691. The van der Waals surface area contributed by atoms with Gasteiger partial charge in [-0.05, 0) is 13.8 Å². The van der Waals surface area contributed by atoms with Crippen LogP contribution in [0.25, 0.3) is 11.3 Å². The van der Waals surface area contributed by atoms with Crippen LogP contribution in [0.4, 0.5) is 0 Å². The number of aryl methyl sites for hydroxylation is 1. The Morgan fingerprint density at radius 1 is 1.33 bits per heavy atom. The molecule has 0 spiro atoms. The number of hydrogen-bond donors (Lipinski definition) is 1. The monoisotopic (exact) mass is 343 g/mol. The highest BCUT2D eigenvalue weighted by molar-refractivity contribution is 7.99. The Bertz CT molecular complexity index is 843. The fourth-order valence-corrected chi connectivity index (χ4v) is 3.14. The largest absolute Gasteiger partial charge is 0.440 e. The van der Waals surface area contributed by atoms with Crippen molar-refractivity contribution in [1.29, 1.82) is 0 Å². The molecule has 7 nitrogen and oxygen atoms in total. The lowest BCUT2D eigenvalue weighted by atomic mass is 10.2. The molecule has 2 aromatic heterocycles. The minimum Gasteiger partial charge on any atom is -0.440 e. The molecular formula is C16H17N5O2S. The molecule has 0 aliphatic carbocycles. The smallest absolute Gasteiger partial charge is 0.237 e. The van der Waals surface area contributed by atoms with Crippen molar-refractivity contribution < 1.29 is 9.21 Å². The molecule has 0 unspecified atom stereocenters. The molecule has 3 rings (SSSR count). The summed E-state index contributed by atoms with van der Waals surface area (Å²) in [5.74, 6) is 1.51.